The molecular weight excluding hydrogens is 314 g/mol. The number of phenolic OH excluding ortho intramolecular Hbond substituents is 1. The number of H-pyrrole nitrogens is 1. The molecular formula is C14H9BrClNO. The second kappa shape index (κ2) is 4.34. The minimum Gasteiger partial charge on any atom is -0.507 e. The number of aromatic amines is 1. The van der Waals surface area contributed by atoms with Crippen molar-refractivity contribution in [2.75, 3.05) is 0 Å². The molecule has 2 aromatic carbocycles. The highest BCUT2D eigenvalue weighted by atomic mass is 79.9. The lowest BCUT2D eigenvalue weighted by Gasteiger charge is -2.07. The minimum atomic E-state index is 0.243. The highest BCUT2D eigenvalue weighted by molar-refractivity contribution is 9.10. The number of fused-ring (bicyclic) bond motifs is 1. The van der Waals surface area contributed by atoms with E-state index in [0.717, 1.165) is 26.5 Å². The van der Waals surface area contributed by atoms with E-state index in [1.807, 2.05) is 36.5 Å². The minimum absolute atomic E-state index is 0.243. The zero-order valence-corrected chi connectivity index (χ0v) is 11.6. The molecule has 0 aliphatic heterocycles. The van der Waals surface area contributed by atoms with E-state index >= 15 is 0 Å². The molecule has 1 heterocycles. The summed E-state index contributed by atoms with van der Waals surface area (Å²) < 4.78 is 0.916. The number of hydrogen-bond donors (Lipinski definition) is 2. The summed E-state index contributed by atoms with van der Waals surface area (Å²) in [5.74, 6) is 0.243. The van der Waals surface area contributed by atoms with Crippen LogP contribution in [0.3, 0.4) is 0 Å². The van der Waals surface area contributed by atoms with E-state index in [2.05, 4.69) is 20.9 Å². The molecule has 1 aromatic heterocycles. The first-order valence-corrected chi connectivity index (χ1v) is 6.58. The number of nitrogens with one attached hydrogen (secondary N) is 1. The van der Waals surface area contributed by atoms with Crippen LogP contribution in [0.1, 0.15) is 0 Å². The lowest BCUT2D eigenvalue weighted by Crippen LogP contribution is -1.82. The number of phenols is 1. The number of aromatic hydroxyl groups is 1. The topological polar surface area (TPSA) is 36.0 Å². The summed E-state index contributed by atoms with van der Waals surface area (Å²) in [5.41, 5.74) is 1.61. The molecule has 0 fully saturated rings. The van der Waals surface area contributed by atoms with Crippen molar-refractivity contribution in [2.45, 2.75) is 0 Å². The maximum atomic E-state index is 10.1. The van der Waals surface area contributed by atoms with Gasteiger partial charge in [-0.05, 0) is 57.0 Å². The van der Waals surface area contributed by atoms with E-state index in [4.69, 9.17) is 11.6 Å². The SMILES string of the molecule is Oc1cc2ccc(Cl)cc2cc1-c1[nH]ccc1Br. The number of aromatic nitrogens is 1. The van der Waals surface area contributed by atoms with Crippen LogP contribution in [0.25, 0.3) is 22.0 Å². The quantitative estimate of drug-likeness (QED) is 0.653. The van der Waals surface area contributed by atoms with Crippen LogP contribution in [0, 0.1) is 0 Å². The first kappa shape index (κ1) is 11.6. The first-order chi connectivity index (χ1) is 8.65. The Morgan fingerprint density at radius 1 is 1.06 bits per heavy atom. The lowest BCUT2D eigenvalue weighted by molar-refractivity contribution is 0.478. The van der Waals surface area contributed by atoms with Crippen molar-refractivity contribution in [2.24, 2.45) is 0 Å². The van der Waals surface area contributed by atoms with Crippen LogP contribution < -0.4 is 0 Å². The number of hydrogen-bond acceptors (Lipinski definition) is 1. The molecule has 0 saturated heterocycles. The molecule has 0 aliphatic carbocycles. The Balaban J connectivity index is 2.30. The fourth-order valence-corrected chi connectivity index (χ4v) is 2.65. The predicted octanol–water partition coefficient (Wildman–Crippen LogP) is 4.96. The molecule has 2 nitrogen and oxygen atoms in total. The van der Waals surface area contributed by atoms with Crippen molar-refractivity contribution in [3.05, 3.63) is 52.1 Å². The average molecular weight is 323 g/mol. The van der Waals surface area contributed by atoms with Crippen LogP contribution >= 0.6 is 27.5 Å². The van der Waals surface area contributed by atoms with Gasteiger partial charge in [0.2, 0.25) is 0 Å². The highest BCUT2D eigenvalue weighted by Gasteiger charge is 2.10. The molecule has 3 aromatic rings. The second-order valence-corrected chi connectivity index (χ2v) is 5.35. The van der Waals surface area contributed by atoms with Crippen LogP contribution in [0.5, 0.6) is 5.75 Å². The third-order valence-corrected chi connectivity index (χ3v) is 3.78. The van der Waals surface area contributed by atoms with Gasteiger partial charge in [0.1, 0.15) is 5.75 Å². The zero-order chi connectivity index (χ0) is 12.7. The summed E-state index contributed by atoms with van der Waals surface area (Å²) in [6.45, 7) is 0. The van der Waals surface area contributed by atoms with Crippen molar-refractivity contribution in [1.82, 2.24) is 4.98 Å². The average Bonchev–Trinajstić information content (AvgIpc) is 2.75. The van der Waals surface area contributed by atoms with Gasteiger partial charge in [0.05, 0.1) is 5.69 Å². The Morgan fingerprint density at radius 3 is 2.61 bits per heavy atom. The first-order valence-electron chi connectivity index (χ1n) is 5.40. The molecule has 90 valence electrons. The van der Waals surface area contributed by atoms with E-state index in [1.54, 1.807) is 6.07 Å². The molecule has 18 heavy (non-hydrogen) atoms. The van der Waals surface area contributed by atoms with E-state index in [-0.39, 0.29) is 5.75 Å². The van der Waals surface area contributed by atoms with Gasteiger partial charge in [0, 0.05) is 21.3 Å². The summed E-state index contributed by atoms with van der Waals surface area (Å²) in [6.07, 6.45) is 1.82. The van der Waals surface area contributed by atoms with Crippen molar-refractivity contribution < 1.29 is 5.11 Å². The Hall–Kier alpha value is -1.45. The van der Waals surface area contributed by atoms with Gasteiger partial charge in [0.15, 0.2) is 0 Å². The number of halogens is 2. The van der Waals surface area contributed by atoms with Crippen molar-refractivity contribution in [3.8, 4) is 17.0 Å². The van der Waals surface area contributed by atoms with Crippen molar-refractivity contribution >= 4 is 38.3 Å². The van der Waals surface area contributed by atoms with Crippen molar-refractivity contribution in [3.63, 3.8) is 0 Å². The zero-order valence-electron chi connectivity index (χ0n) is 9.24. The summed E-state index contributed by atoms with van der Waals surface area (Å²) >= 11 is 9.43. The molecule has 0 aliphatic rings. The Bertz CT molecular complexity index is 736. The smallest absolute Gasteiger partial charge is 0.125 e. The lowest BCUT2D eigenvalue weighted by atomic mass is 10.0. The summed E-state index contributed by atoms with van der Waals surface area (Å²) in [4.78, 5) is 3.10. The van der Waals surface area contributed by atoms with Gasteiger partial charge in [-0.25, -0.2) is 0 Å². The Morgan fingerprint density at radius 2 is 1.89 bits per heavy atom. The van der Waals surface area contributed by atoms with Crippen LogP contribution in [0.15, 0.2) is 47.1 Å². The molecule has 0 saturated carbocycles. The fourth-order valence-electron chi connectivity index (χ4n) is 2.01. The van der Waals surface area contributed by atoms with Gasteiger partial charge in [-0.3, -0.25) is 0 Å². The molecule has 0 radical (unpaired) electrons. The van der Waals surface area contributed by atoms with Gasteiger partial charge in [-0.15, -0.1) is 0 Å². The van der Waals surface area contributed by atoms with Crippen LogP contribution in [0.4, 0.5) is 0 Å². The van der Waals surface area contributed by atoms with Crippen LogP contribution in [-0.2, 0) is 0 Å². The molecule has 4 heteroatoms. The summed E-state index contributed by atoms with van der Waals surface area (Å²) in [5, 5.41) is 12.7. The molecule has 0 amide bonds. The van der Waals surface area contributed by atoms with Crippen LogP contribution in [0.2, 0.25) is 5.02 Å². The predicted molar refractivity (Wildman–Crippen MR) is 78.1 cm³/mol. The summed E-state index contributed by atoms with van der Waals surface area (Å²) in [7, 11) is 0. The number of benzene rings is 2. The molecule has 2 N–H and O–H groups in total. The molecule has 0 spiro atoms. The Kier molecular flexibility index (Phi) is 2.80. The monoisotopic (exact) mass is 321 g/mol. The van der Waals surface area contributed by atoms with Gasteiger partial charge < -0.3 is 10.1 Å². The van der Waals surface area contributed by atoms with Gasteiger partial charge in [-0.1, -0.05) is 17.7 Å². The molecule has 3 rings (SSSR count). The normalized spacial score (nSPS) is 11.0. The fraction of sp³-hybridized carbons (Fsp3) is 0. The van der Waals surface area contributed by atoms with Gasteiger partial charge in [0.25, 0.3) is 0 Å². The van der Waals surface area contributed by atoms with E-state index in [1.165, 1.54) is 0 Å². The molecule has 0 bridgehead atoms. The standard InChI is InChI=1S/C14H9BrClNO/c15-12-3-4-17-14(12)11-6-9-5-10(16)2-1-8(9)7-13(11)18/h1-7,17-18H. The second-order valence-electron chi connectivity index (χ2n) is 4.06. The molecule has 0 atom stereocenters. The molecule has 0 unspecified atom stereocenters. The van der Waals surface area contributed by atoms with Gasteiger partial charge in [-0.2, -0.15) is 0 Å². The van der Waals surface area contributed by atoms with Crippen LogP contribution in [-0.4, -0.2) is 10.1 Å². The van der Waals surface area contributed by atoms with Gasteiger partial charge >= 0.3 is 0 Å². The largest absolute Gasteiger partial charge is 0.507 e. The highest BCUT2D eigenvalue weighted by Crippen LogP contribution is 2.36. The van der Waals surface area contributed by atoms with Crippen molar-refractivity contribution in [1.29, 1.82) is 0 Å². The summed E-state index contributed by atoms with van der Waals surface area (Å²) in [6, 6.07) is 11.2. The maximum absolute atomic E-state index is 10.1. The van der Waals surface area contributed by atoms with E-state index < -0.39 is 0 Å². The third-order valence-electron chi connectivity index (χ3n) is 2.88. The third kappa shape index (κ3) is 1.89. The number of rotatable bonds is 1. The van der Waals surface area contributed by atoms with E-state index in [9.17, 15) is 5.11 Å². The Labute approximate surface area is 117 Å². The maximum Gasteiger partial charge on any atom is 0.125 e. The van der Waals surface area contributed by atoms with E-state index in [0.29, 0.717) is 5.02 Å².